The zero-order chi connectivity index (χ0) is 26.6. The van der Waals surface area contributed by atoms with E-state index < -0.39 is 42.4 Å². The molecule has 0 radical (unpaired) electrons. The molecule has 3 rings (SSSR count). The van der Waals surface area contributed by atoms with Gasteiger partial charge in [-0.15, -0.1) is 0 Å². The Balaban J connectivity index is 1.68. The van der Waals surface area contributed by atoms with Gasteiger partial charge < -0.3 is 30.2 Å². The summed E-state index contributed by atoms with van der Waals surface area (Å²) in [6.45, 7) is 0.987. The number of rotatable bonds is 11. The maximum Gasteiger partial charge on any atom is 0.408 e. The van der Waals surface area contributed by atoms with E-state index in [4.69, 9.17) is 9.84 Å². The van der Waals surface area contributed by atoms with Gasteiger partial charge in [0, 0.05) is 26.2 Å². The Hall–Kier alpha value is -4.25. The Kier molecular flexibility index (Phi) is 10.1. The number of ether oxygens (including phenoxy) is 1. The molecule has 0 bridgehead atoms. The molecule has 2 aromatic rings. The summed E-state index contributed by atoms with van der Waals surface area (Å²) in [6, 6.07) is 16.5. The number of nitrogens with one attached hydrogen (secondary N) is 2. The van der Waals surface area contributed by atoms with E-state index in [0.717, 1.165) is 11.1 Å². The molecule has 0 aromatic heterocycles. The van der Waals surface area contributed by atoms with Crippen molar-refractivity contribution in [3.05, 3.63) is 71.8 Å². The van der Waals surface area contributed by atoms with Crippen LogP contribution in [0.5, 0.6) is 0 Å². The van der Waals surface area contributed by atoms with E-state index in [9.17, 15) is 24.0 Å². The third-order valence-electron chi connectivity index (χ3n) is 5.73. The third kappa shape index (κ3) is 9.04. The molecule has 196 valence electrons. The maximum absolute atomic E-state index is 13.3. The van der Waals surface area contributed by atoms with Gasteiger partial charge in [-0.3, -0.25) is 19.3 Å². The number of hydrogen-bond acceptors (Lipinski definition) is 7. The van der Waals surface area contributed by atoms with E-state index in [1.165, 1.54) is 4.90 Å². The van der Waals surface area contributed by atoms with Crippen LogP contribution < -0.4 is 10.6 Å². The second-order valence-electron chi connectivity index (χ2n) is 8.65. The van der Waals surface area contributed by atoms with Gasteiger partial charge in [0.25, 0.3) is 0 Å². The number of carbonyl (C=O) groups excluding carboxylic acids is 4. The molecule has 0 unspecified atom stereocenters. The number of hydrogen-bond donors (Lipinski definition) is 3. The lowest BCUT2D eigenvalue weighted by Gasteiger charge is -2.24. The van der Waals surface area contributed by atoms with Crippen molar-refractivity contribution in [3.63, 3.8) is 0 Å². The Labute approximate surface area is 214 Å². The lowest BCUT2D eigenvalue weighted by Crippen LogP contribution is -2.53. The minimum Gasteiger partial charge on any atom is -0.481 e. The zero-order valence-corrected chi connectivity index (χ0v) is 20.2. The predicted octanol–water partition coefficient (Wildman–Crippen LogP) is 0.784. The number of benzene rings is 2. The smallest absolute Gasteiger partial charge is 0.408 e. The number of carboxylic acids is 1. The summed E-state index contributed by atoms with van der Waals surface area (Å²) in [5.74, 6) is -2.39. The normalized spacial score (nSPS) is 16.8. The molecule has 3 amide bonds. The molecule has 2 aromatic carbocycles. The van der Waals surface area contributed by atoms with Crippen LogP contribution in [0.15, 0.2) is 60.7 Å². The standard InChI is InChI=1S/C26H30N4O7/c31-17-21(13-24(33)34)27-23(32)16-30-12-11-29(14-19-7-3-1-4-8-19)15-22(25(30)35)28-26(36)37-18-20-9-5-2-6-10-20/h1-10,17,21-22H,11-16,18H2,(H,27,32)(H,28,36)(H,33,34)/t21-,22-/m0/s1. The van der Waals surface area contributed by atoms with E-state index in [-0.39, 0.29) is 26.2 Å². The molecule has 1 aliphatic heterocycles. The fourth-order valence-corrected chi connectivity index (χ4v) is 3.92. The quantitative estimate of drug-likeness (QED) is 0.376. The van der Waals surface area contributed by atoms with Crippen molar-refractivity contribution in [3.8, 4) is 0 Å². The van der Waals surface area contributed by atoms with Crippen LogP contribution in [0.2, 0.25) is 0 Å². The van der Waals surface area contributed by atoms with E-state index in [0.29, 0.717) is 19.4 Å². The van der Waals surface area contributed by atoms with Crippen LogP contribution in [0.25, 0.3) is 0 Å². The predicted molar refractivity (Wildman–Crippen MR) is 132 cm³/mol. The zero-order valence-electron chi connectivity index (χ0n) is 20.2. The number of aldehydes is 1. The molecule has 1 aliphatic rings. The lowest BCUT2D eigenvalue weighted by molar-refractivity contribution is -0.140. The van der Waals surface area contributed by atoms with Crippen molar-refractivity contribution in [1.29, 1.82) is 0 Å². The number of alkyl carbamates (subject to hydrolysis) is 1. The molecular weight excluding hydrogens is 480 g/mol. The fraction of sp³-hybridized carbons (Fsp3) is 0.346. The Morgan fingerprint density at radius 3 is 2.30 bits per heavy atom. The first-order valence-electron chi connectivity index (χ1n) is 11.8. The van der Waals surface area contributed by atoms with Crippen molar-refractivity contribution >= 4 is 30.2 Å². The molecule has 11 heteroatoms. The Bertz CT molecular complexity index is 1080. The number of carbonyl (C=O) groups is 5. The highest BCUT2D eigenvalue weighted by Crippen LogP contribution is 2.11. The Morgan fingerprint density at radius 2 is 1.68 bits per heavy atom. The third-order valence-corrected chi connectivity index (χ3v) is 5.73. The van der Waals surface area contributed by atoms with E-state index in [2.05, 4.69) is 10.6 Å². The largest absolute Gasteiger partial charge is 0.481 e. The van der Waals surface area contributed by atoms with Gasteiger partial charge in [0.2, 0.25) is 11.8 Å². The number of amides is 3. The first kappa shape index (κ1) is 27.3. The van der Waals surface area contributed by atoms with Gasteiger partial charge in [-0.1, -0.05) is 60.7 Å². The molecule has 0 spiro atoms. The highest BCUT2D eigenvalue weighted by molar-refractivity contribution is 5.91. The summed E-state index contributed by atoms with van der Waals surface area (Å²) in [4.78, 5) is 63.6. The van der Waals surface area contributed by atoms with Crippen LogP contribution in [0.1, 0.15) is 17.5 Å². The average Bonchev–Trinajstić information content (AvgIpc) is 3.02. The molecule has 1 fully saturated rings. The average molecular weight is 511 g/mol. The summed E-state index contributed by atoms with van der Waals surface area (Å²) in [6.07, 6.45) is -0.994. The molecule has 1 saturated heterocycles. The van der Waals surface area contributed by atoms with Crippen LogP contribution in [0, 0.1) is 0 Å². The van der Waals surface area contributed by atoms with Crippen molar-refractivity contribution in [1.82, 2.24) is 20.4 Å². The van der Waals surface area contributed by atoms with Gasteiger partial charge in [-0.05, 0) is 11.1 Å². The van der Waals surface area contributed by atoms with Gasteiger partial charge in [-0.2, -0.15) is 0 Å². The Morgan fingerprint density at radius 1 is 1.03 bits per heavy atom. The first-order valence-corrected chi connectivity index (χ1v) is 11.8. The van der Waals surface area contributed by atoms with Crippen molar-refractivity contribution < 1.29 is 33.8 Å². The molecule has 2 atom stereocenters. The minimum absolute atomic E-state index is 0.0318. The summed E-state index contributed by atoms with van der Waals surface area (Å²) >= 11 is 0. The molecule has 37 heavy (non-hydrogen) atoms. The van der Waals surface area contributed by atoms with Crippen LogP contribution >= 0.6 is 0 Å². The van der Waals surface area contributed by atoms with Gasteiger partial charge in [0.15, 0.2) is 0 Å². The second-order valence-corrected chi connectivity index (χ2v) is 8.65. The summed E-state index contributed by atoms with van der Waals surface area (Å²) in [7, 11) is 0. The van der Waals surface area contributed by atoms with Crippen molar-refractivity contribution in [2.75, 3.05) is 26.2 Å². The molecular formula is C26H30N4O7. The van der Waals surface area contributed by atoms with Gasteiger partial charge in [-0.25, -0.2) is 4.79 Å². The monoisotopic (exact) mass is 510 g/mol. The van der Waals surface area contributed by atoms with E-state index >= 15 is 0 Å². The van der Waals surface area contributed by atoms with Gasteiger partial charge in [0.05, 0.1) is 19.0 Å². The fourth-order valence-electron chi connectivity index (χ4n) is 3.92. The van der Waals surface area contributed by atoms with Crippen LogP contribution in [0.4, 0.5) is 4.79 Å². The SMILES string of the molecule is O=C[C@H](CC(=O)O)NC(=O)CN1CCN(Cc2ccccc2)C[C@H](NC(=O)OCc2ccccc2)C1=O. The van der Waals surface area contributed by atoms with E-state index in [1.54, 1.807) is 0 Å². The summed E-state index contributed by atoms with van der Waals surface area (Å²) in [5, 5.41) is 13.8. The van der Waals surface area contributed by atoms with Crippen LogP contribution in [-0.2, 0) is 37.1 Å². The van der Waals surface area contributed by atoms with Crippen LogP contribution in [-0.4, -0.2) is 83.3 Å². The molecule has 0 aliphatic carbocycles. The number of carboxylic acid groups (broad SMARTS) is 1. The molecule has 11 nitrogen and oxygen atoms in total. The first-order chi connectivity index (χ1) is 17.8. The number of aliphatic carboxylic acids is 1. The highest BCUT2D eigenvalue weighted by Gasteiger charge is 2.33. The highest BCUT2D eigenvalue weighted by atomic mass is 16.5. The summed E-state index contributed by atoms with van der Waals surface area (Å²) in [5.41, 5.74) is 1.81. The van der Waals surface area contributed by atoms with Gasteiger partial charge >= 0.3 is 12.1 Å². The maximum atomic E-state index is 13.3. The second kappa shape index (κ2) is 13.7. The summed E-state index contributed by atoms with van der Waals surface area (Å²) < 4.78 is 5.28. The van der Waals surface area contributed by atoms with Gasteiger partial charge in [0.1, 0.15) is 18.9 Å². The minimum atomic E-state index is -1.24. The number of nitrogens with zero attached hydrogens (tertiary/aromatic N) is 2. The van der Waals surface area contributed by atoms with E-state index in [1.807, 2.05) is 65.6 Å². The van der Waals surface area contributed by atoms with Crippen molar-refractivity contribution in [2.45, 2.75) is 31.7 Å². The molecule has 1 heterocycles. The van der Waals surface area contributed by atoms with Crippen molar-refractivity contribution in [2.24, 2.45) is 0 Å². The van der Waals surface area contributed by atoms with Crippen LogP contribution in [0.3, 0.4) is 0 Å². The molecule has 0 saturated carbocycles. The molecule has 3 N–H and O–H groups in total. The lowest BCUT2D eigenvalue weighted by atomic mass is 10.2. The topological polar surface area (TPSA) is 145 Å².